The Morgan fingerprint density at radius 2 is 1.23 bits per heavy atom. The lowest BCUT2D eigenvalue weighted by molar-refractivity contribution is 0.0928. The summed E-state index contributed by atoms with van der Waals surface area (Å²) >= 11 is 0. The van der Waals surface area contributed by atoms with Crippen molar-refractivity contribution in [1.82, 2.24) is 15.6 Å². The fraction of sp³-hybridized carbons (Fsp3) is 0.588. The van der Waals surface area contributed by atoms with Gasteiger partial charge in [-0.3, -0.25) is 9.59 Å². The highest BCUT2D eigenvalue weighted by Gasteiger charge is 2.21. The van der Waals surface area contributed by atoms with E-state index in [2.05, 4.69) is 15.6 Å². The maximum Gasteiger partial charge on any atom is 0.270 e. The Balaban J connectivity index is 1.63. The lowest BCUT2D eigenvalue weighted by Gasteiger charge is -2.13. The van der Waals surface area contributed by atoms with E-state index >= 15 is 0 Å². The number of carbonyl (C=O) groups is 2. The summed E-state index contributed by atoms with van der Waals surface area (Å²) in [4.78, 5) is 28.7. The Morgan fingerprint density at radius 1 is 0.818 bits per heavy atom. The van der Waals surface area contributed by atoms with Crippen LogP contribution in [-0.2, 0) is 0 Å². The number of hydrogen-bond donors (Lipinski definition) is 2. The molecule has 22 heavy (non-hydrogen) atoms. The smallest absolute Gasteiger partial charge is 0.270 e. The largest absolute Gasteiger partial charge is 0.348 e. The SMILES string of the molecule is O=C(NC1CCCC1)c1cccc(C(=O)NC2CCCC2)n1. The molecule has 0 aliphatic heterocycles. The van der Waals surface area contributed by atoms with Crippen LogP contribution in [0.15, 0.2) is 18.2 Å². The molecular weight excluding hydrogens is 278 g/mol. The molecule has 0 spiro atoms. The van der Waals surface area contributed by atoms with Crippen LogP contribution in [0.25, 0.3) is 0 Å². The second-order valence-electron chi connectivity index (χ2n) is 6.32. The van der Waals surface area contributed by atoms with Crippen LogP contribution in [0, 0.1) is 0 Å². The first-order valence-electron chi connectivity index (χ1n) is 8.31. The fourth-order valence-electron chi connectivity index (χ4n) is 3.35. The normalized spacial score (nSPS) is 19.3. The van der Waals surface area contributed by atoms with E-state index in [4.69, 9.17) is 0 Å². The molecule has 0 radical (unpaired) electrons. The molecule has 0 atom stereocenters. The topological polar surface area (TPSA) is 71.1 Å². The van der Waals surface area contributed by atoms with Gasteiger partial charge < -0.3 is 10.6 Å². The predicted molar refractivity (Wildman–Crippen MR) is 83.7 cm³/mol. The van der Waals surface area contributed by atoms with Crippen molar-refractivity contribution in [2.24, 2.45) is 0 Å². The van der Waals surface area contributed by atoms with Crippen molar-refractivity contribution in [2.75, 3.05) is 0 Å². The van der Waals surface area contributed by atoms with Crippen LogP contribution in [0.4, 0.5) is 0 Å². The minimum Gasteiger partial charge on any atom is -0.348 e. The zero-order valence-corrected chi connectivity index (χ0v) is 12.8. The van der Waals surface area contributed by atoms with Crippen molar-refractivity contribution >= 4 is 11.8 Å². The molecule has 0 bridgehead atoms. The van der Waals surface area contributed by atoms with Gasteiger partial charge in [0.05, 0.1) is 0 Å². The zero-order chi connectivity index (χ0) is 15.4. The summed E-state index contributed by atoms with van der Waals surface area (Å²) in [5.41, 5.74) is 0.650. The summed E-state index contributed by atoms with van der Waals surface area (Å²) in [7, 11) is 0. The highest BCUT2D eigenvalue weighted by atomic mass is 16.2. The van der Waals surface area contributed by atoms with Crippen molar-refractivity contribution in [1.29, 1.82) is 0 Å². The summed E-state index contributed by atoms with van der Waals surface area (Å²) in [6.45, 7) is 0. The Morgan fingerprint density at radius 3 is 1.64 bits per heavy atom. The van der Waals surface area contributed by atoms with Crippen molar-refractivity contribution < 1.29 is 9.59 Å². The van der Waals surface area contributed by atoms with Gasteiger partial charge in [0.2, 0.25) is 0 Å². The van der Waals surface area contributed by atoms with E-state index in [1.165, 1.54) is 25.7 Å². The third-order valence-corrected chi connectivity index (χ3v) is 4.60. The van der Waals surface area contributed by atoms with Gasteiger partial charge in [-0.1, -0.05) is 31.7 Å². The maximum absolute atomic E-state index is 12.2. The zero-order valence-electron chi connectivity index (χ0n) is 12.8. The first kappa shape index (κ1) is 15.0. The Kier molecular flexibility index (Phi) is 4.71. The number of nitrogens with one attached hydrogen (secondary N) is 2. The van der Waals surface area contributed by atoms with Crippen LogP contribution in [0.3, 0.4) is 0 Å². The number of pyridine rings is 1. The summed E-state index contributed by atoms with van der Waals surface area (Å²) in [5, 5.41) is 6.00. The second kappa shape index (κ2) is 6.90. The first-order valence-corrected chi connectivity index (χ1v) is 8.31. The molecule has 2 aliphatic carbocycles. The van der Waals surface area contributed by atoms with Crippen LogP contribution >= 0.6 is 0 Å². The quantitative estimate of drug-likeness (QED) is 0.897. The molecule has 0 unspecified atom stereocenters. The average molecular weight is 301 g/mol. The highest BCUT2D eigenvalue weighted by Crippen LogP contribution is 2.19. The molecule has 2 fully saturated rings. The van der Waals surface area contributed by atoms with E-state index in [1.807, 2.05) is 0 Å². The van der Waals surface area contributed by atoms with Gasteiger partial charge in [0.1, 0.15) is 11.4 Å². The van der Waals surface area contributed by atoms with Crippen molar-refractivity contribution in [3.8, 4) is 0 Å². The van der Waals surface area contributed by atoms with E-state index in [-0.39, 0.29) is 23.9 Å². The molecule has 0 aromatic carbocycles. The van der Waals surface area contributed by atoms with E-state index in [9.17, 15) is 9.59 Å². The molecule has 5 nitrogen and oxygen atoms in total. The molecule has 2 saturated carbocycles. The van der Waals surface area contributed by atoms with Gasteiger partial charge in [-0.05, 0) is 37.8 Å². The molecule has 2 N–H and O–H groups in total. The third kappa shape index (κ3) is 3.64. The highest BCUT2D eigenvalue weighted by molar-refractivity contribution is 5.96. The van der Waals surface area contributed by atoms with Crippen molar-refractivity contribution in [2.45, 2.75) is 63.5 Å². The van der Waals surface area contributed by atoms with Crippen LogP contribution in [0.2, 0.25) is 0 Å². The maximum atomic E-state index is 12.2. The molecule has 118 valence electrons. The number of nitrogens with zero attached hydrogens (tertiary/aromatic N) is 1. The van der Waals surface area contributed by atoms with Gasteiger partial charge in [-0.15, -0.1) is 0 Å². The first-order chi connectivity index (χ1) is 10.7. The van der Waals surface area contributed by atoms with E-state index < -0.39 is 0 Å². The van der Waals surface area contributed by atoms with Crippen LogP contribution in [0.5, 0.6) is 0 Å². The number of rotatable bonds is 4. The lowest BCUT2D eigenvalue weighted by atomic mass is 10.2. The van der Waals surface area contributed by atoms with Crippen LogP contribution in [-0.4, -0.2) is 28.9 Å². The van der Waals surface area contributed by atoms with Crippen molar-refractivity contribution in [3.63, 3.8) is 0 Å². The van der Waals surface area contributed by atoms with E-state index in [0.717, 1.165) is 25.7 Å². The predicted octanol–water partition coefficient (Wildman–Crippen LogP) is 2.43. The number of amides is 2. The molecule has 1 heterocycles. The molecule has 0 saturated heterocycles. The van der Waals surface area contributed by atoms with Gasteiger partial charge in [0.25, 0.3) is 11.8 Å². The van der Waals surface area contributed by atoms with Crippen molar-refractivity contribution in [3.05, 3.63) is 29.6 Å². The summed E-state index contributed by atoms with van der Waals surface area (Å²) in [6.07, 6.45) is 8.82. The Bertz CT molecular complexity index is 501. The fourth-order valence-corrected chi connectivity index (χ4v) is 3.35. The average Bonchev–Trinajstić information content (AvgIpc) is 3.21. The second-order valence-corrected chi connectivity index (χ2v) is 6.32. The van der Waals surface area contributed by atoms with Crippen LogP contribution in [0.1, 0.15) is 72.3 Å². The van der Waals surface area contributed by atoms with Gasteiger partial charge in [0, 0.05) is 12.1 Å². The standard InChI is InChI=1S/C17H23N3O2/c21-16(18-12-6-1-2-7-12)14-10-5-11-15(20-14)17(22)19-13-8-3-4-9-13/h5,10-13H,1-4,6-9H2,(H,18,21)(H,19,22). The number of hydrogen-bond acceptors (Lipinski definition) is 3. The molecular formula is C17H23N3O2. The summed E-state index contributed by atoms with van der Waals surface area (Å²) < 4.78 is 0. The molecule has 2 aliphatic rings. The number of carbonyl (C=O) groups excluding carboxylic acids is 2. The molecule has 2 amide bonds. The number of aromatic nitrogens is 1. The third-order valence-electron chi connectivity index (χ3n) is 4.60. The molecule has 1 aromatic rings. The van der Waals surface area contributed by atoms with E-state index in [0.29, 0.717) is 11.4 Å². The molecule has 3 rings (SSSR count). The Hall–Kier alpha value is -1.91. The van der Waals surface area contributed by atoms with Gasteiger partial charge >= 0.3 is 0 Å². The molecule has 1 aromatic heterocycles. The van der Waals surface area contributed by atoms with Gasteiger partial charge in [-0.2, -0.15) is 0 Å². The summed E-state index contributed by atoms with van der Waals surface area (Å²) in [5.74, 6) is -0.357. The molecule has 5 heteroatoms. The lowest BCUT2D eigenvalue weighted by Crippen LogP contribution is -2.35. The Labute approximate surface area is 130 Å². The van der Waals surface area contributed by atoms with Gasteiger partial charge in [0.15, 0.2) is 0 Å². The van der Waals surface area contributed by atoms with Gasteiger partial charge in [-0.25, -0.2) is 4.98 Å². The minimum atomic E-state index is -0.178. The monoisotopic (exact) mass is 301 g/mol. The van der Waals surface area contributed by atoms with E-state index in [1.54, 1.807) is 18.2 Å². The minimum absolute atomic E-state index is 0.178. The van der Waals surface area contributed by atoms with Crippen LogP contribution < -0.4 is 10.6 Å². The summed E-state index contributed by atoms with van der Waals surface area (Å²) in [6, 6.07) is 5.56.